The number of halogens is 2. The molecule has 0 N–H and O–H groups in total. The highest BCUT2D eigenvalue weighted by Gasteiger charge is 2.27. The van der Waals surface area contributed by atoms with Crippen LogP contribution >= 0.6 is 23.2 Å². The Balaban J connectivity index is 2.11. The molecule has 2 nitrogen and oxygen atoms in total. The van der Waals surface area contributed by atoms with E-state index >= 15 is 0 Å². The van der Waals surface area contributed by atoms with Crippen molar-refractivity contribution in [3.8, 4) is 11.3 Å². The summed E-state index contributed by atoms with van der Waals surface area (Å²) >= 11 is 12.2. The first kappa shape index (κ1) is 11.0. The molecule has 0 spiro atoms. The Morgan fingerprint density at radius 3 is 2.53 bits per heavy atom. The van der Waals surface area contributed by atoms with Crippen LogP contribution in [0.5, 0.6) is 0 Å². The van der Waals surface area contributed by atoms with Gasteiger partial charge in [0.05, 0.1) is 5.69 Å². The van der Waals surface area contributed by atoms with Gasteiger partial charge in [0.2, 0.25) is 0 Å². The first-order valence-corrected chi connectivity index (χ1v) is 6.29. The molecule has 1 aromatic heterocycles. The highest BCUT2D eigenvalue weighted by molar-refractivity contribution is 6.33. The largest absolute Gasteiger partial charge is 0.232 e. The summed E-state index contributed by atoms with van der Waals surface area (Å²) in [5.41, 5.74) is 1.71. The fourth-order valence-electron chi connectivity index (χ4n) is 1.77. The van der Waals surface area contributed by atoms with Crippen LogP contribution in [0.1, 0.15) is 24.6 Å². The summed E-state index contributed by atoms with van der Waals surface area (Å²) in [6, 6.07) is 9.39. The van der Waals surface area contributed by atoms with E-state index in [9.17, 15) is 0 Å². The lowest BCUT2D eigenvalue weighted by molar-refractivity contribution is 0.931. The van der Waals surface area contributed by atoms with Crippen LogP contribution in [-0.2, 0) is 0 Å². The fourth-order valence-corrected chi connectivity index (χ4v) is 2.19. The van der Waals surface area contributed by atoms with Gasteiger partial charge in [-0.25, -0.2) is 9.97 Å². The van der Waals surface area contributed by atoms with Gasteiger partial charge in [0.15, 0.2) is 0 Å². The quantitative estimate of drug-likeness (QED) is 0.755. The molecule has 0 aliphatic heterocycles. The van der Waals surface area contributed by atoms with Crippen LogP contribution < -0.4 is 0 Å². The predicted octanol–water partition coefficient (Wildman–Crippen LogP) is 4.33. The van der Waals surface area contributed by atoms with Crippen molar-refractivity contribution in [2.75, 3.05) is 0 Å². The molecule has 0 bridgehead atoms. The molecule has 0 radical (unpaired) electrons. The van der Waals surface area contributed by atoms with Gasteiger partial charge in [-0.2, -0.15) is 0 Å². The molecule has 3 rings (SSSR count). The van der Waals surface area contributed by atoms with E-state index in [1.807, 2.05) is 24.3 Å². The summed E-state index contributed by atoms with van der Waals surface area (Å²) in [4.78, 5) is 8.81. The van der Waals surface area contributed by atoms with Crippen molar-refractivity contribution in [3.63, 3.8) is 0 Å². The molecular formula is C13H10Cl2N2. The number of rotatable bonds is 2. The molecule has 0 amide bonds. The zero-order chi connectivity index (χ0) is 11.8. The molecule has 2 aromatic rings. The van der Waals surface area contributed by atoms with Crippen LogP contribution in [0, 0.1) is 0 Å². The number of nitrogens with zero attached hydrogens (tertiary/aromatic N) is 2. The SMILES string of the molecule is Clc1cc(-c2ccccc2Cl)nc(C2CC2)n1. The maximum atomic E-state index is 6.16. The molecule has 0 saturated heterocycles. The zero-order valence-electron chi connectivity index (χ0n) is 9.03. The Bertz CT molecular complexity index is 565. The van der Waals surface area contributed by atoms with Crippen LogP contribution in [0.3, 0.4) is 0 Å². The molecule has 4 heteroatoms. The van der Waals surface area contributed by atoms with Crippen molar-refractivity contribution in [2.45, 2.75) is 18.8 Å². The summed E-state index contributed by atoms with van der Waals surface area (Å²) in [5, 5.41) is 1.17. The molecule has 17 heavy (non-hydrogen) atoms. The van der Waals surface area contributed by atoms with E-state index in [4.69, 9.17) is 23.2 Å². The summed E-state index contributed by atoms with van der Waals surface area (Å²) in [5.74, 6) is 1.32. The Morgan fingerprint density at radius 2 is 1.82 bits per heavy atom. The maximum absolute atomic E-state index is 6.16. The van der Waals surface area contributed by atoms with Gasteiger partial charge < -0.3 is 0 Å². The van der Waals surface area contributed by atoms with E-state index in [0.29, 0.717) is 16.1 Å². The van der Waals surface area contributed by atoms with Crippen LogP contribution in [0.4, 0.5) is 0 Å². The molecule has 1 heterocycles. The first-order chi connectivity index (χ1) is 8.24. The first-order valence-electron chi connectivity index (χ1n) is 5.53. The Kier molecular flexibility index (Phi) is 2.77. The van der Waals surface area contributed by atoms with Crippen molar-refractivity contribution >= 4 is 23.2 Å². The second kappa shape index (κ2) is 4.28. The van der Waals surface area contributed by atoms with Gasteiger partial charge >= 0.3 is 0 Å². The van der Waals surface area contributed by atoms with E-state index in [1.165, 1.54) is 0 Å². The molecule has 1 fully saturated rings. The van der Waals surface area contributed by atoms with Gasteiger partial charge in [-0.3, -0.25) is 0 Å². The van der Waals surface area contributed by atoms with Crippen molar-refractivity contribution < 1.29 is 0 Å². The van der Waals surface area contributed by atoms with E-state index in [2.05, 4.69) is 9.97 Å². The monoisotopic (exact) mass is 264 g/mol. The van der Waals surface area contributed by atoms with Gasteiger partial charge in [-0.05, 0) is 18.9 Å². The van der Waals surface area contributed by atoms with Crippen LogP contribution in [0.2, 0.25) is 10.2 Å². The van der Waals surface area contributed by atoms with Crippen LogP contribution in [0.25, 0.3) is 11.3 Å². The summed E-state index contributed by atoms with van der Waals surface area (Å²) in [6.07, 6.45) is 2.31. The van der Waals surface area contributed by atoms with Crippen LogP contribution in [-0.4, -0.2) is 9.97 Å². The van der Waals surface area contributed by atoms with Gasteiger partial charge in [0.1, 0.15) is 11.0 Å². The Labute approximate surface area is 110 Å². The van der Waals surface area contributed by atoms with E-state index in [1.54, 1.807) is 6.07 Å². The third-order valence-electron chi connectivity index (χ3n) is 2.80. The highest BCUT2D eigenvalue weighted by Crippen LogP contribution is 2.39. The van der Waals surface area contributed by atoms with Crippen LogP contribution in [0.15, 0.2) is 30.3 Å². The Hall–Kier alpha value is -1.12. The van der Waals surface area contributed by atoms with E-state index < -0.39 is 0 Å². The lowest BCUT2D eigenvalue weighted by atomic mass is 10.1. The second-order valence-electron chi connectivity index (χ2n) is 4.19. The van der Waals surface area contributed by atoms with Gasteiger partial charge in [0.25, 0.3) is 0 Å². The number of hydrogen-bond acceptors (Lipinski definition) is 2. The smallest absolute Gasteiger partial charge is 0.133 e. The minimum absolute atomic E-state index is 0.481. The lowest BCUT2D eigenvalue weighted by Crippen LogP contribution is -1.95. The minimum Gasteiger partial charge on any atom is -0.232 e. The average Bonchev–Trinajstić information content (AvgIpc) is 3.12. The number of benzene rings is 1. The van der Waals surface area contributed by atoms with Crippen molar-refractivity contribution in [1.82, 2.24) is 9.97 Å². The highest BCUT2D eigenvalue weighted by atomic mass is 35.5. The molecule has 1 aromatic carbocycles. The molecule has 1 saturated carbocycles. The minimum atomic E-state index is 0.481. The van der Waals surface area contributed by atoms with Gasteiger partial charge in [-0.1, -0.05) is 41.4 Å². The summed E-state index contributed by atoms with van der Waals surface area (Å²) in [7, 11) is 0. The number of hydrogen-bond donors (Lipinski definition) is 0. The molecule has 1 aliphatic rings. The van der Waals surface area contributed by atoms with Gasteiger partial charge in [-0.15, -0.1) is 0 Å². The lowest BCUT2D eigenvalue weighted by Gasteiger charge is -2.06. The summed E-state index contributed by atoms with van der Waals surface area (Å²) in [6.45, 7) is 0. The Morgan fingerprint density at radius 1 is 1.06 bits per heavy atom. The average molecular weight is 265 g/mol. The predicted molar refractivity (Wildman–Crippen MR) is 69.5 cm³/mol. The van der Waals surface area contributed by atoms with Crippen molar-refractivity contribution in [3.05, 3.63) is 46.3 Å². The molecular weight excluding hydrogens is 255 g/mol. The molecule has 86 valence electrons. The third kappa shape index (κ3) is 2.28. The summed E-state index contributed by atoms with van der Waals surface area (Å²) < 4.78 is 0. The maximum Gasteiger partial charge on any atom is 0.133 e. The van der Waals surface area contributed by atoms with Gasteiger partial charge in [0, 0.05) is 22.6 Å². The second-order valence-corrected chi connectivity index (χ2v) is 4.98. The normalized spacial score (nSPS) is 14.9. The standard InChI is InChI=1S/C13H10Cl2N2/c14-10-4-2-1-3-9(10)11-7-12(15)17-13(16-11)8-5-6-8/h1-4,7-8H,5-6H2. The van der Waals surface area contributed by atoms with Crippen molar-refractivity contribution in [2.24, 2.45) is 0 Å². The van der Waals surface area contributed by atoms with E-state index in [-0.39, 0.29) is 0 Å². The molecule has 1 aliphatic carbocycles. The van der Waals surface area contributed by atoms with E-state index in [0.717, 1.165) is 29.9 Å². The van der Waals surface area contributed by atoms with Crippen molar-refractivity contribution in [1.29, 1.82) is 0 Å². The topological polar surface area (TPSA) is 25.8 Å². The molecule has 0 unspecified atom stereocenters. The third-order valence-corrected chi connectivity index (χ3v) is 3.33. The molecule has 0 atom stereocenters. The zero-order valence-corrected chi connectivity index (χ0v) is 10.5. The number of aromatic nitrogens is 2. The fraction of sp³-hybridized carbons (Fsp3) is 0.231.